The van der Waals surface area contributed by atoms with E-state index in [9.17, 15) is 0 Å². The number of rotatable bonds is 2. The second kappa shape index (κ2) is 5.36. The summed E-state index contributed by atoms with van der Waals surface area (Å²) in [4.78, 5) is 4.23. The first-order chi connectivity index (χ1) is 9.25. The molecule has 1 unspecified atom stereocenters. The summed E-state index contributed by atoms with van der Waals surface area (Å²) in [6, 6.07) is 3.41. The van der Waals surface area contributed by atoms with E-state index in [0.29, 0.717) is 29.7 Å². The third-order valence-corrected chi connectivity index (χ3v) is 4.04. The first kappa shape index (κ1) is 12.7. The van der Waals surface area contributed by atoms with Crippen LogP contribution in [0.5, 0.6) is 11.5 Å². The average molecular weight is 297 g/mol. The molecule has 1 aromatic carbocycles. The van der Waals surface area contributed by atoms with Crippen LogP contribution in [0.25, 0.3) is 0 Å². The lowest BCUT2D eigenvalue weighted by atomic mass is 10.1. The predicted octanol–water partition coefficient (Wildman–Crippen LogP) is 3.01. The number of benzene rings is 1. The largest absolute Gasteiger partial charge is 0.489 e. The fraction of sp³-hybridized carbons (Fsp3) is 0.308. The van der Waals surface area contributed by atoms with E-state index in [-0.39, 0.29) is 6.04 Å². The quantitative estimate of drug-likeness (QED) is 0.925. The van der Waals surface area contributed by atoms with Gasteiger partial charge in [0.1, 0.15) is 5.01 Å². The van der Waals surface area contributed by atoms with Crippen molar-refractivity contribution in [2.45, 2.75) is 12.5 Å². The molecule has 0 saturated carbocycles. The van der Waals surface area contributed by atoms with Gasteiger partial charge in [0, 0.05) is 18.0 Å². The fourth-order valence-electron chi connectivity index (χ4n) is 1.96. The van der Waals surface area contributed by atoms with Gasteiger partial charge in [-0.25, -0.2) is 4.98 Å². The summed E-state index contributed by atoms with van der Waals surface area (Å²) in [5.41, 5.74) is 7.07. The summed E-state index contributed by atoms with van der Waals surface area (Å²) >= 11 is 7.77. The molecule has 0 fully saturated rings. The molecule has 0 amide bonds. The van der Waals surface area contributed by atoms with E-state index in [4.69, 9.17) is 26.8 Å². The van der Waals surface area contributed by atoms with Crippen LogP contribution in [0.1, 0.15) is 23.0 Å². The van der Waals surface area contributed by atoms with Gasteiger partial charge < -0.3 is 15.2 Å². The van der Waals surface area contributed by atoms with Crippen molar-refractivity contribution in [3.05, 3.63) is 39.3 Å². The molecule has 6 heteroatoms. The van der Waals surface area contributed by atoms with Gasteiger partial charge in [-0.2, -0.15) is 0 Å². The van der Waals surface area contributed by atoms with Gasteiger partial charge >= 0.3 is 0 Å². The molecule has 0 spiro atoms. The van der Waals surface area contributed by atoms with Crippen molar-refractivity contribution in [3.8, 4) is 11.5 Å². The highest BCUT2D eigenvalue weighted by Gasteiger charge is 2.19. The maximum atomic E-state index is 6.25. The first-order valence-electron chi connectivity index (χ1n) is 5.99. The summed E-state index contributed by atoms with van der Waals surface area (Å²) in [5.74, 6) is 1.27. The van der Waals surface area contributed by atoms with Crippen molar-refractivity contribution < 1.29 is 9.47 Å². The highest BCUT2D eigenvalue weighted by Crippen LogP contribution is 2.40. The van der Waals surface area contributed by atoms with Crippen LogP contribution in [0.3, 0.4) is 0 Å². The summed E-state index contributed by atoms with van der Waals surface area (Å²) in [7, 11) is 0. The van der Waals surface area contributed by atoms with Crippen LogP contribution in [0.2, 0.25) is 5.02 Å². The normalized spacial score (nSPS) is 15.9. The SMILES string of the molecule is NC(c1cc(Cl)c2c(c1)OCCCO2)c1nccs1. The summed E-state index contributed by atoms with van der Waals surface area (Å²) in [6.45, 7) is 1.24. The van der Waals surface area contributed by atoms with Crippen LogP contribution in [0.4, 0.5) is 0 Å². The van der Waals surface area contributed by atoms with E-state index >= 15 is 0 Å². The molecule has 2 aromatic rings. The van der Waals surface area contributed by atoms with E-state index < -0.39 is 0 Å². The monoisotopic (exact) mass is 296 g/mol. The van der Waals surface area contributed by atoms with E-state index in [0.717, 1.165) is 17.0 Å². The molecule has 1 aliphatic rings. The molecule has 4 nitrogen and oxygen atoms in total. The number of hydrogen-bond acceptors (Lipinski definition) is 5. The number of thiazole rings is 1. The Hall–Kier alpha value is -1.30. The Morgan fingerprint density at radius 2 is 2.16 bits per heavy atom. The van der Waals surface area contributed by atoms with E-state index in [2.05, 4.69) is 4.98 Å². The molecule has 100 valence electrons. The van der Waals surface area contributed by atoms with Crippen LogP contribution in [-0.2, 0) is 0 Å². The van der Waals surface area contributed by atoms with Crippen molar-refractivity contribution in [2.24, 2.45) is 5.73 Å². The molecule has 2 N–H and O–H groups in total. The zero-order valence-corrected chi connectivity index (χ0v) is 11.7. The van der Waals surface area contributed by atoms with Crippen LogP contribution in [0.15, 0.2) is 23.7 Å². The van der Waals surface area contributed by atoms with Gasteiger partial charge in [0.25, 0.3) is 0 Å². The van der Waals surface area contributed by atoms with E-state index in [1.165, 1.54) is 11.3 Å². The maximum Gasteiger partial charge on any atom is 0.179 e. The van der Waals surface area contributed by atoms with E-state index in [1.807, 2.05) is 17.5 Å². The number of nitrogens with two attached hydrogens (primary N) is 1. The fourth-order valence-corrected chi connectivity index (χ4v) is 2.90. The van der Waals surface area contributed by atoms with Crippen LogP contribution in [-0.4, -0.2) is 18.2 Å². The molecule has 1 atom stereocenters. The van der Waals surface area contributed by atoms with Gasteiger partial charge in [-0.05, 0) is 17.7 Å². The van der Waals surface area contributed by atoms with Crippen LogP contribution < -0.4 is 15.2 Å². The third kappa shape index (κ3) is 2.54. The molecule has 0 radical (unpaired) electrons. The minimum Gasteiger partial charge on any atom is -0.489 e. The molecule has 19 heavy (non-hydrogen) atoms. The van der Waals surface area contributed by atoms with Crippen molar-refractivity contribution in [2.75, 3.05) is 13.2 Å². The number of fused-ring (bicyclic) bond motifs is 1. The average Bonchev–Trinajstić information content (AvgIpc) is 2.83. The summed E-state index contributed by atoms with van der Waals surface area (Å²) < 4.78 is 11.2. The predicted molar refractivity (Wildman–Crippen MR) is 75.2 cm³/mol. The molecule has 1 aliphatic heterocycles. The topological polar surface area (TPSA) is 57.4 Å². The molecular formula is C13H13ClN2O2S. The highest BCUT2D eigenvalue weighted by molar-refractivity contribution is 7.09. The lowest BCUT2D eigenvalue weighted by Crippen LogP contribution is -2.11. The molecule has 0 aliphatic carbocycles. The molecule has 0 saturated heterocycles. The number of hydrogen-bond donors (Lipinski definition) is 1. The van der Waals surface area contributed by atoms with Gasteiger partial charge in [0.2, 0.25) is 0 Å². The molecule has 3 rings (SSSR count). The van der Waals surface area contributed by atoms with Gasteiger partial charge in [-0.1, -0.05) is 11.6 Å². The zero-order chi connectivity index (χ0) is 13.2. The number of nitrogens with zero attached hydrogens (tertiary/aromatic N) is 1. The maximum absolute atomic E-state index is 6.25. The van der Waals surface area contributed by atoms with Crippen molar-refractivity contribution in [1.29, 1.82) is 0 Å². The minimum atomic E-state index is -0.297. The lowest BCUT2D eigenvalue weighted by molar-refractivity contribution is 0.297. The van der Waals surface area contributed by atoms with Crippen LogP contribution >= 0.6 is 22.9 Å². The summed E-state index contributed by atoms with van der Waals surface area (Å²) in [6.07, 6.45) is 2.59. The Balaban J connectivity index is 1.99. The lowest BCUT2D eigenvalue weighted by Gasteiger charge is -2.14. The van der Waals surface area contributed by atoms with Crippen molar-refractivity contribution >= 4 is 22.9 Å². The Morgan fingerprint density at radius 1 is 1.32 bits per heavy atom. The smallest absolute Gasteiger partial charge is 0.179 e. The van der Waals surface area contributed by atoms with Gasteiger partial charge in [-0.3, -0.25) is 0 Å². The van der Waals surface area contributed by atoms with Crippen molar-refractivity contribution in [3.63, 3.8) is 0 Å². The van der Waals surface area contributed by atoms with Crippen LogP contribution in [0, 0.1) is 0 Å². The van der Waals surface area contributed by atoms with Gasteiger partial charge in [-0.15, -0.1) is 11.3 Å². The Labute approximate surface area is 120 Å². The van der Waals surface area contributed by atoms with E-state index in [1.54, 1.807) is 6.20 Å². The number of aromatic nitrogens is 1. The Morgan fingerprint density at radius 3 is 2.95 bits per heavy atom. The number of halogens is 1. The standard InChI is InChI=1S/C13H13ClN2O2S/c14-9-6-8(11(15)13-16-2-5-19-13)7-10-12(9)18-4-1-3-17-10/h2,5-7,11H,1,3-4,15H2. The molecule has 2 heterocycles. The number of ether oxygens (including phenoxy) is 2. The molecule has 1 aromatic heterocycles. The Kier molecular flexibility index (Phi) is 3.59. The first-order valence-corrected chi connectivity index (χ1v) is 7.25. The van der Waals surface area contributed by atoms with Crippen molar-refractivity contribution in [1.82, 2.24) is 4.98 Å². The second-order valence-corrected chi connectivity index (χ2v) is 5.56. The summed E-state index contributed by atoms with van der Waals surface area (Å²) in [5, 5.41) is 3.28. The second-order valence-electron chi connectivity index (χ2n) is 4.23. The third-order valence-electron chi connectivity index (χ3n) is 2.90. The molecular weight excluding hydrogens is 284 g/mol. The van der Waals surface area contributed by atoms with Gasteiger partial charge in [0.05, 0.1) is 24.3 Å². The highest BCUT2D eigenvalue weighted by atomic mass is 35.5. The molecule has 0 bridgehead atoms. The minimum absolute atomic E-state index is 0.297. The van der Waals surface area contributed by atoms with Gasteiger partial charge in [0.15, 0.2) is 11.5 Å². The zero-order valence-electron chi connectivity index (χ0n) is 10.1. The Bertz CT molecular complexity index is 574.